The molecule has 1 heterocycles. The molecule has 0 bridgehead atoms. The summed E-state index contributed by atoms with van der Waals surface area (Å²) in [5, 5.41) is 0. The number of para-hydroxylation sites is 1. The summed E-state index contributed by atoms with van der Waals surface area (Å²) in [4.78, 5) is 29.4. The molecule has 1 aromatic carbocycles. The normalized spacial score (nSPS) is 11.5. The summed E-state index contributed by atoms with van der Waals surface area (Å²) >= 11 is 0. The molecule has 5 heteroatoms. The molecule has 0 unspecified atom stereocenters. The lowest BCUT2D eigenvalue weighted by Gasteiger charge is -2.21. The average molecular weight is 284 g/mol. The maximum atomic E-state index is 12.2. The molecule has 0 N–H and O–H groups in total. The molecule has 0 saturated heterocycles. The molecule has 0 saturated carbocycles. The van der Waals surface area contributed by atoms with Gasteiger partial charge >= 0.3 is 5.97 Å². The number of pyridine rings is 1. The minimum Gasteiger partial charge on any atom is -0.449 e. The second-order valence-corrected chi connectivity index (χ2v) is 4.52. The minimum atomic E-state index is -0.872. The van der Waals surface area contributed by atoms with Gasteiger partial charge in [0.25, 0.3) is 5.91 Å². The topological polar surface area (TPSA) is 59.5 Å². The Morgan fingerprint density at radius 3 is 2.48 bits per heavy atom. The molecule has 0 aliphatic carbocycles. The van der Waals surface area contributed by atoms with Gasteiger partial charge in [0.2, 0.25) is 0 Å². The molecular weight excluding hydrogens is 268 g/mol. The summed E-state index contributed by atoms with van der Waals surface area (Å²) in [7, 11) is 1.64. The second kappa shape index (κ2) is 6.65. The van der Waals surface area contributed by atoms with Crippen LogP contribution in [0.15, 0.2) is 54.9 Å². The molecule has 0 radical (unpaired) electrons. The Morgan fingerprint density at radius 2 is 1.86 bits per heavy atom. The molecule has 0 spiro atoms. The third kappa shape index (κ3) is 3.66. The van der Waals surface area contributed by atoms with Crippen molar-refractivity contribution < 1.29 is 14.3 Å². The molecular formula is C16H16N2O3. The van der Waals surface area contributed by atoms with E-state index in [4.69, 9.17) is 4.74 Å². The lowest BCUT2D eigenvalue weighted by molar-refractivity contribution is -0.126. The van der Waals surface area contributed by atoms with Crippen LogP contribution in [0.2, 0.25) is 0 Å². The zero-order valence-corrected chi connectivity index (χ0v) is 11.9. The molecule has 21 heavy (non-hydrogen) atoms. The van der Waals surface area contributed by atoms with Crippen LogP contribution in [0.3, 0.4) is 0 Å². The largest absolute Gasteiger partial charge is 0.449 e. The van der Waals surface area contributed by atoms with E-state index in [0.29, 0.717) is 5.56 Å². The standard InChI is InChI=1S/C16H16N2O3/c1-12(21-16(20)13-7-6-10-17-11-13)15(19)18(2)14-8-4-3-5-9-14/h3-12H,1-2H3/t12-/m1/s1. The van der Waals surface area contributed by atoms with Crippen molar-refractivity contribution in [3.63, 3.8) is 0 Å². The highest BCUT2D eigenvalue weighted by molar-refractivity contribution is 5.98. The van der Waals surface area contributed by atoms with E-state index in [1.165, 1.54) is 11.1 Å². The van der Waals surface area contributed by atoms with Gasteiger partial charge in [-0.3, -0.25) is 9.78 Å². The Hall–Kier alpha value is -2.69. The molecule has 1 aromatic heterocycles. The number of rotatable bonds is 4. The number of hydrogen-bond donors (Lipinski definition) is 0. The van der Waals surface area contributed by atoms with Crippen LogP contribution in [0.4, 0.5) is 5.69 Å². The maximum absolute atomic E-state index is 12.2. The molecule has 0 fully saturated rings. The summed E-state index contributed by atoms with van der Waals surface area (Å²) < 4.78 is 5.17. The first-order valence-electron chi connectivity index (χ1n) is 6.53. The van der Waals surface area contributed by atoms with Gasteiger partial charge in [-0.15, -0.1) is 0 Å². The van der Waals surface area contributed by atoms with Crippen molar-refractivity contribution in [3.05, 3.63) is 60.4 Å². The number of aromatic nitrogens is 1. The molecule has 0 aliphatic rings. The average Bonchev–Trinajstić information content (AvgIpc) is 2.55. The van der Waals surface area contributed by atoms with Crippen LogP contribution in [-0.4, -0.2) is 30.0 Å². The minimum absolute atomic E-state index is 0.293. The zero-order valence-electron chi connectivity index (χ0n) is 11.9. The van der Waals surface area contributed by atoms with Crippen molar-refractivity contribution >= 4 is 17.6 Å². The van der Waals surface area contributed by atoms with E-state index in [1.54, 1.807) is 32.3 Å². The van der Waals surface area contributed by atoms with Crippen molar-refractivity contribution in [1.82, 2.24) is 4.98 Å². The third-order valence-electron chi connectivity index (χ3n) is 3.00. The van der Waals surface area contributed by atoms with Crippen molar-refractivity contribution in [2.24, 2.45) is 0 Å². The first-order valence-corrected chi connectivity index (χ1v) is 6.53. The molecule has 0 aliphatic heterocycles. The van der Waals surface area contributed by atoms with Gasteiger partial charge in [0.15, 0.2) is 6.10 Å². The van der Waals surface area contributed by atoms with Crippen molar-refractivity contribution in [1.29, 1.82) is 0 Å². The van der Waals surface area contributed by atoms with Crippen LogP contribution < -0.4 is 4.90 Å². The highest BCUT2D eigenvalue weighted by atomic mass is 16.5. The lowest BCUT2D eigenvalue weighted by atomic mass is 10.2. The predicted octanol–water partition coefficient (Wildman–Crippen LogP) is 2.29. The summed E-state index contributed by atoms with van der Waals surface area (Å²) in [6, 6.07) is 12.4. The smallest absolute Gasteiger partial charge is 0.340 e. The number of likely N-dealkylation sites (N-methyl/N-ethyl adjacent to an activating group) is 1. The molecule has 2 rings (SSSR count). The lowest BCUT2D eigenvalue weighted by Crippen LogP contribution is -2.37. The van der Waals surface area contributed by atoms with E-state index >= 15 is 0 Å². The Labute approximate surface area is 123 Å². The molecule has 1 amide bonds. The van der Waals surface area contributed by atoms with Gasteiger partial charge in [0, 0.05) is 25.1 Å². The van der Waals surface area contributed by atoms with E-state index in [-0.39, 0.29) is 5.91 Å². The van der Waals surface area contributed by atoms with Crippen molar-refractivity contribution in [2.45, 2.75) is 13.0 Å². The van der Waals surface area contributed by atoms with Gasteiger partial charge in [0.1, 0.15) is 0 Å². The quantitative estimate of drug-likeness (QED) is 0.808. The molecule has 2 aromatic rings. The Balaban J connectivity index is 2.01. The summed E-state index contributed by atoms with van der Waals surface area (Å²) in [5.41, 5.74) is 1.06. The fourth-order valence-electron chi connectivity index (χ4n) is 1.81. The fourth-order valence-corrected chi connectivity index (χ4v) is 1.81. The highest BCUT2D eigenvalue weighted by Gasteiger charge is 2.23. The maximum Gasteiger partial charge on any atom is 0.340 e. The monoisotopic (exact) mass is 284 g/mol. The first kappa shape index (κ1) is 14.7. The van der Waals surface area contributed by atoms with Crippen LogP contribution in [0, 0.1) is 0 Å². The highest BCUT2D eigenvalue weighted by Crippen LogP contribution is 2.13. The number of benzene rings is 1. The number of carbonyl (C=O) groups is 2. The van der Waals surface area contributed by atoms with Crippen LogP contribution >= 0.6 is 0 Å². The number of esters is 1. The third-order valence-corrected chi connectivity index (χ3v) is 3.00. The van der Waals surface area contributed by atoms with Crippen molar-refractivity contribution in [3.8, 4) is 0 Å². The van der Waals surface area contributed by atoms with Gasteiger partial charge in [-0.2, -0.15) is 0 Å². The Kier molecular flexibility index (Phi) is 4.66. The molecule has 5 nitrogen and oxygen atoms in total. The number of ether oxygens (including phenoxy) is 1. The fraction of sp³-hybridized carbons (Fsp3) is 0.188. The Bertz CT molecular complexity index is 614. The second-order valence-electron chi connectivity index (χ2n) is 4.52. The van der Waals surface area contributed by atoms with E-state index in [2.05, 4.69) is 4.98 Å². The van der Waals surface area contributed by atoms with Crippen LogP contribution in [0.1, 0.15) is 17.3 Å². The van der Waals surface area contributed by atoms with E-state index < -0.39 is 12.1 Å². The van der Waals surface area contributed by atoms with Crippen LogP contribution in [0.25, 0.3) is 0 Å². The van der Waals surface area contributed by atoms with Gasteiger partial charge in [-0.05, 0) is 31.2 Å². The Morgan fingerprint density at radius 1 is 1.14 bits per heavy atom. The van der Waals surface area contributed by atoms with E-state index in [9.17, 15) is 9.59 Å². The number of hydrogen-bond acceptors (Lipinski definition) is 4. The number of anilines is 1. The van der Waals surface area contributed by atoms with Gasteiger partial charge in [-0.1, -0.05) is 18.2 Å². The predicted molar refractivity (Wildman–Crippen MR) is 79.0 cm³/mol. The van der Waals surface area contributed by atoms with Crippen LogP contribution in [-0.2, 0) is 9.53 Å². The summed E-state index contributed by atoms with van der Waals surface area (Å²) in [6.45, 7) is 1.55. The van der Waals surface area contributed by atoms with E-state index in [0.717, 1.165) is 5.69 Å². The van der Waals surface area contributed by atoms with Gasteiger partial charge < -0.3 is 9.64 Å². The van der Waals surface area contributed by atoms with Gasteiger partial charge in [0.05, 0.1) is 5.56 Å². The number of amides is 1. The SMILES string of the molecule is C[C@@H](OC(=O)c1cccnc1)C(=O)N(C)c1ccccc1. The van der Waals surface area contributed by atoms with Crippen LogP contribution in [0.5, 0.6) is 0 Å². The van der Waals surface area contributed by atoms with Gasteiger partial charge in [-0.25, -0.2) is 4.79 Å². The molecule has 1 atom stereocenters. The van der Waals surface area contributed by atoms with Crippen molar-refractivity contribution in [2.75, 3.05) is 11.9 Å². The summed E-state index contributed by atoms with van der Waals surface area (Å²) in [6.07, 6.45) is 2.09. The zero-order chi connectivity index (χ0) is 15.2. The number of carbonyl (C=O) groups excluding carboxylic acids is 2. The first-order chi connectivity index (χ1) is 10.1. The number of nitrogens with zero attached hydrogens (tertiary/aromatic N) is 2. The molecule has 108 valence electrons. The van der Waals surface area contributed by atoms with E-state index in [1.807, 2.05) is 30.3 Å². The summed E-state index contributed by atoms with van der Waals surface area (Å²) in [5.74, 6) is -0.858.